The Morgan fingerprint density at radius 2 is 1.48 bits per heavy atom. The zero-order valence-corrected chi connectivity index (χ0v) is 17.5. The molecule has 0 N–H and O–H groups in total. The maximum atomic E-state index is 12.3. The van der Waals surface area contributed by atoms with Gasteiger partial charge in [0.1, 0.15) is 5.60 Å². The summed E-state index contributed by atoms with van der Waals surface area (Å²) in [4.78, 5) is 24.0. The SMILES string of the molecule is CC(C)(C)OC(=O)CCCC(=O)c1ccc(B2OC(C)(C)C(C)(C)O2)cc1. The van der Waals surface area contributed by atoms with Gasteiger partial charge in [-0.3, -0.25) is 9.59 Å². The van der Waals surface area contributed by atoms with E-state index in [1.165, 1.54) is 0 Å². The van der Waals surface area contributed by atoms with E-state index in [2.05, 4.69) is 0 Å². The van der Waals surface area contributed by atoms with Crippen LogP contribution in [0.2, 0.25) is 0 Å². The molecule has 27 heavy (non-hydrogen) atoms. The quantitative estimate of drug-likeness (QED) is 0.432. The molecule has 1 aromatic rings. The van der Waals surface area contributed by atoms with E-state index in [0.29, 0.717) is 18.4 Å². The Morgan fingerprint density at radius 3 is 1.96 bits per heavy atom. The Morgan fingerprint density at radius 1 is 0.963 bits per heavy atom. The zero-order valence-electron chi connectivity index (χ0n) is 17.5. The molecule has 148 valence electrons. The fraction of sp³-hybridized carbons (Fsp3) is 0.619. The number of carbonyl (C=O) groups is 2. The third-order valence-electron chi connectivity index (χ3n) is 4.96. The topological polar surface area (TPSA) is 61.8 Å². The second kappa shape index (κ2) is 7.76. The van der Waals surface area contributed by atoms with Crippen molar-refractivity contribution < 1.29 is 23.6 Å². The first-order valence-corrected chi connectivity index (χ1v) is 9.51. The van der Waals surface area contributed by atoms with Gasteiger partial charge in [0.2, 0.25) is 0 Å². The van der Waals surface area contributed by atoms with Crippen LogP contribution in [0, 0.1) is 0 Å². The number of ketones is 1. The van der Waals surface area contributed by atoms with Crippen LogP contribution in [-0.2, 0) is 18.8 Å². The highest BCUT2D eigenvalue weighted by Gasteiger charge is 2.51. The highest BCUT2D eigenvalue weighted by molar-refractivity contribution is 6.62. The third-order valence-corrected chi connectivity index (χ3v) is 4.96. The lowest BCUT2D eigenvalue weighted by Gasteiger charge is -2.32. The molecule has 1 aliphatic heterocycles. The van der Waals surface area contributed by atoms with Crippen molar-refractivity contribution in [3.8, 4) is 0 Å². The Kier molecular flexibility index (Phi) is 6.22. The number of ether oxygens (including phenoxy) is 1. The summed E-state index contributed by atoms with van der Waals surface area (Å²) in [6.07, 6.45) is 1.04. The summed E-state index contributed by atoms with van der Waals surface area (Å²) in [5, 5.41) is 0. The van der Waals surface area contributed by atoms with Crippen molar-refractivity contribution in [1.82, 2.24) is 0 Å². The summed E-state index contributed by atoms with van der Waals surface area (Å²) in [7, 11) is -0.439. The molecule has 0 spiro atoms. The molecule has 1 saturated heterocycles. The molecule has 1 aliphatic rings. The average molecular weight is 374 g/mol. The number of rotatable bonds is 6. The number of hydrogen-bond donors (Lipinski definition) is 0. The molecule has 0 aromatic heterocycles. The fourth-order valence-electron chi connectivity index (χ4n) is 2.74. The van der Waals surface area contributed by atoms with E-state index >= 15 is 0 Å². The van der Waals surface area contributed by atoms with E-state index in [1.807, 2.05) is 60.6 Å². The Balaban J connectivity index is 1.88. The standard InChI is InChI=1S/C21H31BO5/c1-19(2,3)25-18(24)10-8-9-17(23)15-11-13-16(14-12-15)22-26-20(4,5)21(6,7)27-22/h11-14H,8-10H2,1-7H3. The zero-order chi connectivity index (χ0) is 20.5. The number of hydrogen-bond acceptors (Lipinski definition) is 5. The summed E-state index contributed by atoms with van der Waals surface area (Å²) < 4.78 is 17.3. The van der Waals surface area contributed by atoms with Gasteiger partial charge in [-0.05, 0) is 60.3 Å². The lowest BCUT2D eigenvalue weighted by Crippen LogP contribution is -2.41. The summed E-state index contributed by atoms with van der Waals surface area (Å²) >= 11 is 0. The molecular formula is C21H31BO5. The van der Waals surface area contributed by atoms with Crippen molar-refractivity contribution >= 4 is 24.3 Å². The maximum absolute atomic E-state index is 12.3. The minimum absolute atomic E-state index is 0.0130. The lowest BCUT2D eigenvalue weighted by atomic mass is 9.78. The Labute approximate surface area is 162 Å². The first-order chi connectivity index (χ1) is 12.3. The van der Waals surface area contributed by atoms with Gasteiger partial charge in [0.15, 0.2) is 5.78 Å². The number of esters is 1. The van der Waals surface area contributed by atoms with Crippen molar-refractivity contribution in [3.63, 3.8) is 0 Å². The van der Waals surface area contributed by atoms with Crippen LogP contribution in [0.5, 0.6) is 0 Å². The summed E-state index contributed by atoms with van der Waals surface area (Å²) in [5.41, 5.74) is 0.227. The molecule has 0 saturated carbocycles. The second-order valence-electron chi connectivity index (χ2n) is 9.07. The van der Waals surface area contributed by atoms with Crippen molar-refractivity contribution in [2.45, 2.75) is 84.5 Å². The molecule has 1 aromatic carbocycles. The Bertz CT molecular complexity index is 670. The second-order valence-corrected chi connectivity index (χ2v) is 9.07. The minimum atomic E-state index is -0.496. The average Bonchev–Trinajstić information content (AvgIpc) is 2.73. The molecule has 0 amide bonds. The normalized spacial score (nSPS) is 18.4. The predicted molar refractivity (Wildman–Crippen MR) is 106 cm³/mol. The van der Waals surface area contributed by atoms with Gasteiger partial charge < -0.3 is 14.0 Å². The van der Waals surface area contributed by atoms with Crippen molar-refractivity contribution in [3.05, 3.63) is 29.8 Å². The monoisotopic (exact) mass is 374 g/mol. The van der Waals surface area contributed by atoms with Gasteiger partial charge >= 0.3 is 13.1 Å². The summed E-state index contributed by atoms with van der Waals surface area (Å²) in [5.74, 6) is -0.259. The van der Waals surface area contributed by atoms with Crippen molar-refractivity contribution in [2.75, 3.05) is 0 Å². The van der Waals surface area contributed by atoms with E-state index in [9.17, 15) is 9.59 Å². The van der Waals surface area contributed by atoms with Crippen LogP contribution in [0.4, 0.5) is 0 Å². The summed E-state index contributed by atoms with van der Waals surface area (Å²) in [6.45, 7) is 13.5. The van der Waals surface area contributed by atoms with Gasteiger partial charge in [-0.15, -0.1) is 0 Å². The molecule has 0 aliphatic carbocycles. The van der Waals surface area contributed by atoms with Crippen molar-refractivity contribution in [1.29, 1.82) is 0 Å². The van der Waals surface area contributed by atoms with Gasteiger partial charge in [0, 0.05) is 18.4 Å². The van der Waals surface area contributed by atoms with E-state index in [0.717, 1.165) is 5.46 Å². The van der Waals surface area contributed by atoms with Gasteiger partial charge in [-0.2, -0.15) is 0 Å². The number of benzene rings is 1. The molecular weight excluding hydrogens is 343 g/mol. The van der Waals surface area contributed by atoms with E-state index in [-0.39, 0.29) is 18.2 Å². The molecule has 0 bridgehead atoms. The molecule has 1 heterocycles. The van der Waals surface area contributed by atoms with Crippen LogP contribution < -0.4 is 5.46 Å². The predicted octanol–water partition coefficient (Wildman–Crippen LogP) is 3.68. The first-order valence-electron chi connectivity index (χ1n) is 9.51. The van der Waals surface area contributed by atoms with E-state index in [1.54, 1.807) is 12.1 Å². The minimum Gasteiger partial charge on any atom is -0.460 e. The first kappa shape index (κ1) is 21.6. The van der Waals surface area contributed by atoms with Gasteiger partial charge in [-0.1, -0.05) is 24.3 Å². The smallest absolute Gasteiger partial charge is 0.460 e. The van der Waals surface area contributed by atoms with Crippen LogP contribution in [0.3, 0.4) is 0 Å². The fourth-order valence-corrected chi connectivity index (χ4v) is 2.74. The van der Waals surface area contributed by atoms with E-state index in [4.69, 9.17) is 14.0 Å². The molecule has 6 heteroatoms. The molecule has 2 rings (SSSR count). The third kappa shape index (κ3) is 5.66. The maximum Gasteiger partial charge on any atom is 0.494 e. The number of carbonyl (C=O) groups excluding carboxylic acids is 2. The number of Topliss-reactive ketones (excluding diaryl/α,β-unsaturated/α-hetero) is 1. The van der Waals surface area contributed by atoms with Gasteiger partial charge in [0.25, 0.3) is 0 Å². The molecule has 0 radical (unpaired) electrons. The molecule has 5 nitrogen and oxygen atoms in total. The van der Waals surface area contributed by atoms with Crippen LogP contribution in [0.25, 0.3) is 0 Å². The van der Waals surface area contributed by atoms with Gasteiger partial charge in [0.05, 0.1) is 11.2 Å². The highest BCUT2D eigenvalue weighted by atomic mass is 16.7. The summed E-state index contributed by atoms with van der Waals surface area (Å²) in [6, 6.07) is 7.30. The van der Waals surface area contributed by atoms with Crippen LogP contribution >= 0.6 is 0 Å². The Hall–Kier alpha value is -1.66. The largest absolute Gasteiger partial charge is 0.494 e. The van der Waals surface area contributed by atoms with Gasteiger partial charge in [-0.25, -0.2) is 0 Å². The van der Waals surface area contributed by atoms with Crippen LogP contribution in [0.15, 0.2) is 24.3 Å². The van der Waals surface area contributed by atoms with Crippen LogP contribution in [-0.4, -0.2) is 35.7 Å². The highest BCUT2D eigenvalue weighted by Crippen LogP contribution is 2.36. The lowest BCUT2D eigenvalue weighted by molar-refractivity contribution is -0.154. The van der Waals surface area contributed by atoms with Crippen LogP contribution in [0.1, 0.15) is 78.1 Å². The molecule has 0 unspecified atom stereocenters. The van der Waals surface area contributed by atoms with Crippen molar-refractivity contribution in [2.24, 2.45) is 0 Å². The molecule has 0 atom stereocenters. The molecule has 1 fully saturated rings. The van der Waals surface area contributed by atoms with E-state index < -0.39 is 23.9 Å².